The second kappa shape index (κ2) is 9.71. The number of benzene rings is 2. The fourth-order valence-corrected chi connectivity index (χ4v) is 6.15. The number of ether oxygens (including phenoxy) is 1. The van der Waals surface area contributed by atoms with Gasteiger partial charge in [-0.2, -0.15) is 8.78 Å². The van der Waals surface area contributed by atoms with Crippen molar-refractivity contribution >= 4 is 27.4 Å². The highest BCUT2D eigenvalue weighted by Gasteiger charge is 2.38. The van der Waals surface area contributed by atoms with E-state index in [4.69, 9.17) is 0 Å². The molecule has 0 spiro atoms. The number of rotatable bonds is 6. The van der Waals surface area contributed by atoms with Crippen LogP contribution in [0.3, 0.4) is 0 Å². The number of anilines is 1. The van der Waals surface area contributed by atoms with Gasteiger partial charge >= 0.3 is 6.61 Å². The van der Waals surface area contributed by atoms with Gasteiger partial charge in [0.15, 0.2) is 0 Å². The van der Waals surface area contributed by atoms with E-state index in [9.17, 15) is 13.2 Å². The van der Waals surface area contributed by atoms with E-state index < -0.39 is 6.61 Å². The lowest BCUT2D eigenvalue weighted by Crippen LogP contribution is -2.60. The minimum atomic E-state index is -2.85. The first-order valence-corrected chi connectivity index (χ1v) is 12.6. The van der Waals surface area contributed by atoms with Crippen molar-refractivity contribution in [2.45, 2.75) is 39.0 Å². The van der Waals surface area contributed by atoms with Gasteiger partial charge in [-0.05, 0) is 62.2 Å². The summed E-state index contributed by atoms with van der Waals surface area (Å²) in [4.78, 5) is 14.8. The van der Waals surface area contributed by atoms with Crippen LogP contribution >= 0.6 is 11.3 Å². The highest BCUT2D eigenvalue weighted by atomic mass is 32.1. The van der Waals surface area contributed by atoms with E-state index in [1.54, 1.807) is 48.0 Å². The van der Waals surface area contributed by atoms with E-state index in [2.05, 4.69) is 45.3 Å². The first kappa shape index (κ1) is 24.5. The molecule has 0 aliphatic carbocycles. The van der Waals surface area contributed by atoms with Crippen LogP contribution in [0.15, 0.2) is 60.9 Å². The first-order valence-electron chi connectivity index (χ1n) is 11.8. The lowest BCUT2D eigenvalue weighted by molar-refractivity contribution is -0.0500. The molecule has 0 N–H and O–H groups in total. The summed E-state index contributed by atoms with van der Waals surface area (Å²) < 4.78 is 44.4. The van der Waals surface area contributed by atoms with Crippen LogP contribution in [-0.2, 0) is 0 Å². The second-order valence-electron chi connectivity index (χ2n) is 9.58. The summed E-state index contributed by atoms with van der Waals surface area (Å²) in [5.41, 5.74) is 2.53. The summed E-state index contributed by atoms with van der Waals surface area (Å²) >= 11 is 1.61. The number of nitrogens with zero attached hydrogens (tertiary/aromatic N) is 4. The summed E-state index contributed by atoms with van der Waals surface area (Å²) in [5.74, 6) is 0.804. The highest BCUT2D eigenvalue weighted by Crippen LogP contribution is 2.39. The Labute approximate surface area is 212 Å². The van der Waals surface area contributed by atoms with E-state index in [1.807, 2.05) is 12.1 Å². The molecule has 2 aromatic carbocycles. The third-order valence-corrected chi connectivity index (χ3v) is 7.89. The SMILES string of the molecule is C[C@@H](c1cccc(OC(F)F)c1)N1CCN(c2ncnc3cc(-c4ccc(F)cc4)sc23)CC1(C)C. The van der Waals surface area contributed by atoms with Crippen LogP contribution in [0.4, 0.5) is 19.0 Å². The smallest absolute Gasteiger partial charge is 0.387 e. The van der Waals surface area contributed by atoms with Gasteiger partial charge in [0, 0.05) is 36.1 Å². The zero-order valence-electron chi connectivity index (χ0n) is 20.3. The van der Waals surface area contributed by atoms with Crippen molar-refractivity contribution in [2.24, 2.45) is 0 Å². The molecule has 2 aromatic heterocycles. The zero-order chi connectivity index (χ0) is 25.4. The van der Waals surface area contributed by atoms with E-state index >= 15 is 0 Å². The second-order valence-corrected chi connectivity index (χ2v) is 10.6. The molecular weight excluding hydrogens is 485 g/mol. The number of halogens is 3. The number of fused-ring (bicyclic) bond motifs is 1. The van der Waals surface area contributed by atoms with Crippen LogP contribution in [0.2, 0.25) is 0 Å². The fourth-order valence-electron chi connectivity index (χ4n) is 5.02. The summed E-state index contributed by atoms with van der Waals surface area (Å²) in [5, 5.41) is 0. The minimum absolute atomic E-state index is 0.0145. The molecule has 1 fully saturated rings. The molecular formula is C27H27F3N4OS. The maximum Gasteiger partial charge on any atom is 0.387 e. The number of thiophene rings is 1. The Kier molecular flexibility index (Phi) is 6.61. The number of alkyl halides is 2. The Hall–Kier alpha value is -3.17. The molecule has 0 bridgehead atoms. The van der Waals surface area contributed by atoms with E-state index in [-0.39, 0.29) is 23.1 Å². The van der Waals surface area contributed by atoms with Crippen molar-refractivity contribution < 1.29 is 17.9 Å². The van der Waals surface area contributed by atoms with E-state index in [0.717, 1.165) is 51.7 Å². The Morgan fingerprint density at radius 2 is 1.81 bits per heavy atom. The van der Waals surface area contributed by atoms with Gasteiger partial charge in [0.2, 0.25) is 0 Å². The molecule has 0 saturated carbocycles. The summed E-state index contributed by atoms with van der Waals surface area (Å²) in [6.45, 7) is 5.89. The van der Waals surface area contributed by atoms with Gasteiger partial charge in [0.25, 0.3) is 0 Å². The first-order chi connectivity index (χ1) is 17.2. The largest absolute Gasteiger partial charge is 0.435 e. The lowest BCUT2D eigenvalue weighted by Gasteiger charge is -2.50. The van der Waals surface area contributed by atoms with Crippen LogP contribution in [0.5, 0.6) is 5.75 Å². The monoisotopic (exact) mass is 512 g/mol. The van der Waals surface area contributed by atoms with Crippen molar-refractivity contribution in [3.8, 4) is 16.2 Å². The van der Waals surface area contributed by atoms with Crippen LogP contribution < -0.4 is 9.64 Å². The summed E-state index contributed by atoms with van der Waals surface area (Å²) in [6.07, 6.45) is 1.59. The van der Waals surface area contributed by atoms with Crippen molar-refractivity contribution in [3.63, 3.8) is 0 Å². The molecule has 1 aliphatic heterocycles. The van der Waals surface area contributed by atoms with Gasteiger partial charge in [0.1, 0.15) is 23.7 Å². The lowest BCUT2D eigenvalue weighted by atomic mass is 9.94. The molecule has 3 heterocycles. The predicted molar refractivity (Wildman–Crippen MR) is 137 cm³/mol. The van der Waals surface area contributed by atoms with E-state index in [0.29, 0.717) is 0 Å². The van der Waals surface area contributed by atoms with Gasteiger partial charge in [-0.1, -0.05) is 24.3 Å². The van der Waals surface area contributed by atoms with Crippen LogP contribution in [0.1, 0.15) is 32.4 Å². The molecule has 0 amide bonds. The average molecular weight is 513 g/mol. The van der Waals surface area contributed by atoms with Crippen LogP contribution in [0, 0.1) is 5.82 Å². The van der Waals surface area contributed by atoms with Crippen molar-refractivity contribution in [1.82, 2.24) is 14.9 Å². The highest BCUT2D eigenvalue weighted by molar-refractivity contribution is 7.22. The maximum absolute atomic E-state index is 13.4. The number of hydrogen-bond acceptors (Lipinski definition) is 6. The minimum Gasteiger partial charge on any atom is -0.435 e. The van der Waals surface area contributed by atoms with Crippen LogP contribution in [-0.4, -0.2) is 46.7 Å². The van der Waals surface area contributed by atoms with Gasteiger partial charge in [-0.3, -0.25) is 4.90 Å². The zero-order valence-corrected chi connectivity index (χ0v) is 21.1. The maximum atomic E-state index is 13.4. The van der Waals surface area contributed by atoms with Crippen molar-refractivity contribution in [2.75, 3.05) is 24.5 Å². The molecule has 188 valence electrons. The Morgan fingerprint density at radius 3 is 2.53 bits per heavy atom. The third kappa shape index (κ3) is 4.90. The van der Waals surface area contributed by atoms with Crippen molar-refractivity contribution in [3.05, 3.63) is 72.3 Å². The Morgan fingerprint density at radius 1 is 1.03 bits per heavy atom. The van der Waals surface area contributed by atoms with E-state index in [1.165, 1.54) is 12.1 Å². The van der Waals surface area contributed by atoms with Gasteiger partial charge < -0.3 is 9.64 Å². The fraction of sp³-hybridized carbons (Fsp3) is 0.333. The molecule has 9 heteroatoms. The molecule has 0 radical (unpaired) electrons. The number of hydrogen-bond donors (Lipinski definition) is 0. The summed E-state index contributed by atoms with van der Waals surface area (Å²) in [6, 6.07) is 15.5. The molecule has 5 nitrogen and oxygen atoms in total. The molecule has 4 aromatic rings. The third-order valence-electron chi connectivity index (χ3n) is 6.72. The molecule has 36 heavy (non-hydrogen) atoms. The number of piperazine rings is 1. The quantitative estimate of drug-likeness (QED) is 0.286. The Balaban J connectivity index is 1.38. The van der Waals surface area contributed by atoms with Gasteiger partial charge in [-0.15, -0.1) is 11.3 Å². The average Bonchev–Trinajstić information content (AvgIpc) is 3.28. The topological polar surface area (TPSA) is 41.5 Å². The van der Waals surface area contributed by atoms with Gasteiger partial charge in [0.05, 0.1) is 10.2 Å². The molecule has 1 saturated heterocycles. The predicted octanol–water partition coefficient (Wildman–Crippen LogP) is 6.76. The van der Waals surface area contributed by atoms with Crippen LogP contribution in [0.25, 0.3) is 20.7 Å². The molecule has 1 atom stereocenters. The normalized spacial score (nSPS) is 17.0. The molecule has 1 aliphatic rings. The van der Waals surface area contributed by atoms with Gasteiger partial charge in [-0.25, -0.2) is 14.4 Å². The molecule has 0 unspecified atom stereocenters. The number of aromatic nitrogens is 2. The standard InChI is InChI=1S/C27H27F3N4OS/c1-17(19-5-4-6-21(13-19)35-26(29)30)34-12-11-33(15-27(34,2)3)25-24-22(31-16-32-25)14-23(36-24)18-7-9-20(28)10-8-18/h4-10,13-14,16-17,26H,11-12,15H2,1-3H3/t17-/m0/s1. The molecule has 5 rings (SSSR count). The Bertz CT molecular complexity index is 1360. The summed E-state index contributed by atoms with van der Waals surface area (Å²) in [7, 11) is 0. The van der Waals surface area contributed by atoms with Crippen molar-refractivity contribution in [1.29, 1.82) is 0 Å².